The zero-order chi connectivity index (χ0) is 11.5. The predicted octanol–water partition coefficient (Wildman–Crippen LogP) is 1.24. The molecule has 6 nitrogen and oxygen atoms in total. The van der Waals surface area contributed by atoms with E-state index in [2.05, 4.69) is 10.3 Å². The molecule has 0 bridgehead atoms. The smallest absolute Gasteiger partial charge is 0.358 e. The van der Waals surface area contributed by atoms with Crippen molar-refractivity contribution in [2.45, 2.75) is 38.8 Å². The van der Waals surface area contributed by atoms with E-state index in [-0.39, 0.29) is 11.8 Å². The van der Waals surface area contributed by atoms with E-state index in [1.165, 1.54) is 0 Å². The van der Waals surface area contributed by atoms with Crippen LogP contribution in [-0.4, -0.2) is 32.7 Å². The fraction of sp³-hybridized carbons (Fsp3) is 0.700. The molecule has 6 heteroatoms. The number of hydrogen-bond acceptors (Lipinski definition) is 4. The van der Waals surface area contributed by atoms with Crippen LogP contribution in [0.5, 0.6) is 0 Å². The molecular formula is C10H15N3O3. The van der Waals surface area contributed by atoms with Gasteiger partial charge < -0.3 is 9.84 Å². The van der Waals surface area contributed by atoms with E-state index in [0.717, 1.165) is 19.3 Å². The lowest BCUT2D eigenvalue weighted by Gasteiger charge is -2.11. The van der Waals surface area contributed by atoms with Gasteiger partial charge in [0.15, 0.2) is 5.69 Å². The summed E-state index contributed by atoms with van der Waals surface area (Å²) < 4.78 is 7.16. The number of ether oxygens (including phenoxy) is 1. The number of carbonyl (C=O) groups is 1. The minimum atomic E-state index is -1.03. The van der Waals surface area contributed by atoms with E-state index in [9.17, 15) is 4.79 Å². The van der Waals surface area contributed by atoms with Crippen LogP contribution in [0.4, 0.5) is 0 Å². The Kier molecular flexibility index (Phi) is 3.19. The van der Waals surface area contributed by atoms with E-state index in [1.807, 2.05) is 6.92 Å². The number of hydrogen-bond donors (Lipinski definition) is 1. The second-order valence-corrected chi connectivity index (χ2v) is 3.85. The van der Waals surface area contributed by atoms with Crippen molar-refractivity contribution < 1.29 is 14.6 Å². The van der Waals surface area contributed by atoms with Crippen molar-refractivity contribution in [1.29, 1.82) is 0 Å². The number of nitrogens with zero attached hydrogens (tertiary/aromatic N) is 3. The van der Waals surface area contributed by atoms with Gasteiger partial charge in [-0.25, -0.2) is 9.48 Å². The summed E-state index contributed by atoms with van der Waals surface area (Å²) in [5.74, 6) is -1.03. The van der Waals surface area contributed by atoms with Crippen molar-refractivity contribution in [2.75, 3.05) is 6.61 Å². The van der Waals surface area contributed by atoms with E-state index in [4.69, 9.17) is 9.84 Å². The Morgan fingerprint density at radius 3 is 3.06 bits per heavy atom. The van der Waals surface area contributed by atoms with Crippen LogP contribution in [-0.2, 0) is 11.3 Å². The Bertz CT molecular complexity index is 383. The van der Waals surface area contributed by atoms with Crippen LogP contribution < -0.4 is 0 Å². The van der Waals surface area contributed by atoms with Crippen molar-refractivity contribution in [3.63, 3.8) is 0 Å². The van der Waals surface area contributed by atoms with Crippen molar-refractivity contribution in [2.24, 2.45) is 0 Å². The fourth-order valence-electron chi connectivity index (χ4n) is 1.96. The van der Waals surface area contributed by atoms with Gasteiger partial charge >= 0.3 is 5.97 Å². The standard InChI is InChI=1S/C10H15N3O3/c1-2-5-13-9(7-4-3-6-16-7)8(10(14)15)11-12-13/h7H,2-6H2,1H3,(H,14,15). The van der Waals surface area contributed by atoms with Gasteiger partial charge in [0.1, 0.15) is 11.8 Å². The molecule has 1 aliphatic rings. The Morgan fingerprint density at radius 1 is 1.69 bits per heavy atom. The average Bonchev–Trinajstić information content (AvgIpc) is 2.84. The first kappa shape index (κ1) is 11.1. The summed E-state index contributed by atoms with van der Waals surface area (Å²) in [5.41, 5.74) is 0.646. The maximum Gasteiger partial charge on any atom is 0.358 e. The summed E-state index contributed by atoms with van der Waals surface area (Å²) >= 11 is 0. The zero-order valence-corrected chi connectivity index (χ0v) is 9.22. The summed E-state index contributed by atoms with van der Waals surface area (Å²) in [5, 5.41) is 16.6. The molecule has 1 aromatic rings. The Balaban J connectivity index is 2.35. The first-order chi connectivity index (χ1) is 7.74. The Morgan fingerprint density at radius 2 is 2.50 bits per heavy atom. The fourth-order valence-corrected chi connectivity index (χ4v) is 1.96. The lowest BCUT2D eigenvalue weighted by molar-refractivity contribution is 0.0671. The van der Waals surface area contributed by atoms with Crippen LogP contribution in [0.2, 0.25) is 0 Å². The average molecular weight is 225 g/mol. The van der Waals surface area contributed by atoms with Crippen LogP contribution in [0, 0.1) is 0 Å². The molecule has 1 N–H and O–H groups in total. The van der Waals surface area contributed by atoms with Gasteiger partial charge in [0.05, 0.1) is 0 Å². The molecule has 2 heterocycles. The van der Waals surface area contributed by atoms with Gasteiger partial charge in [-0.15, -0.1) is 5.10 Å². The van der Waals surface area contributed by atoms with Gasteiger partial charge in [0, 0.05) is 13.2 Å². The third kappa shape index (κ3) is 1.92. The highest BCUT2D eigenvalue weighted by atomic mass is 16.5. The van der Waals surface area contributed by atoms with Gasteiger partial charge in [-0.05, 0) is 19.3 Å². The van der Waals surface area contributed by atoms with Crippen LogP contribution in [0.15, 0.2) is 0 Å². The number of rotatable bonds is 4. The molecule has 1 saturated heterocycles. The molecule has 0 saturated carbocycles. The van der Waals surface area contributed by atoms with Gasteiger partial charge in [-0.1, -0.05) is 12.1 Å². The highest BCUT2D eigenvalue weighted by Crippen LogP contribution is 2.30. The zero-order valence-electron chi connectivity index (χ0n) is 9.22. The third-order valence-corrected chi connectivity index (χ3v) is 2.65. The van der Waals surface area contributed by atoms with Crippen LogP contribution in [0.3, 0.4) is 0 Å². The molecule has 0 aromatic carbocycles. The number of carboxylic acids is 1. The minimum Gasteiger partial charge on any atom is -0.476 e. The predicted molar refractivity (Wildman–Crippen MR) is 55.2 cm³/mol. The summed E-state index contributed by atoms with van der Waals surface area (Å²) in [4.78, 5) is 11.0. The molecule has 0 spiro atoms. The van der Waals surface area contributed by atoms with E-state index >= 15 is 0 Å². The van der Waals surface area contributed by atoms with Gasteiger partial charge in [-0.3, -0.25) is 0 Å². The van der Waals surface area contributed by atoms with Gasteiger partial charge in [-0.2, -0.15) is 0 Å². The number of aryl methyl sites for hydroxylation is 1. The molecule has 88 valence electrons. The van der Waals surface area contributed by atoms with Crippen molar-refractivity contribution in [3.05, 3.63) is 11.4 Å². The summed E-state index contributed by atoms with van der Waals surface area (Å²) in [6.07, 6.45) is 2.54. The molecule has 0 radical (unpaired) electrons. The van der Waals surface area contributed by atoms with Crippen LogP contribution in [0.1, 0.15) is 48.5 Å². The van der Waals surface area contributed by atoms with Crippen molar-refractivity contribution in [3.8, 4) is 0 Å². The number of aromatic nitrogens is 3. The second kappa shape index (κ2) is 4.61. The molecule has 1 aromatic heterocycles. The normalized spacial score (nSPS) is 20.2. The Labute approximate surface area is 93.2 Å². The van der Waals surface area contributed by atoms with Crippen molar-refractivity contribution in [1.82, 2.24) is 15.0 Å². The highest BCUT2D eigenvalue weighted by Gasteiger charge is 2.29. The summed E-state index contributed by atoms with van der Waals surface area (Å²) in [7, 11) is 0. The molecule has 16 heavy (non-hydrogen) atoms. The van der Waals surface area contributed by atoms with Crippen LogP contribution in [0.25, 0.3) is 0 Å². The Hall–Kier alpha value is -1.43. The SMILES string of the molecule is CCCn1nnc(C(=O)O)c1C1CCCO1. The summed E-state index contributed by atoms with van der Waals surface area (Å²) in [6.45, 7) is 3.37. The monoisotopic (exact) mass is 225 g/mol. The van der Waals surface area contributed by atoms with Gasteiger partial charge in [0.25, 0.3) is 0 Å². The molecule has 1 aliphatic heterocycles. The third-order valence-electron chi connectivity index (χ3n) is 2.65. The number of aromatic carboxylic acids is 1. The lowest BCUT2D eigenvalue weighted by Crippen LogP contribution is -2.12. The second-order valence-electron chi connectivity index (χ2n) is 3.85. The maximum absolute atomic E-state index is 11.0. The molecule has 0 aliphatic carbocycles. The maximum atomic E-state index is 11.0. The largest absolute Gasteiger partial charge is 0.476 e. The first-order valence-electron chi connectivity index (χ1n) is 5.52. The quantitative estimate of drug-likeness (QED) is 0.834. The van der Waals surface area contributed by atoms with E-state index in [0.29, 0.717) is 18.8 Å². The van der Waals surface area contributed by atoms with Crippen molar-refractivity contribution >= 4 is 5.97 Å². The molecular weight excluding hydrogens is 210 g/mol. The van der Waals surface area contributed by atoms with E-state index in [1.54, 1.807) is 4.68 Å². The molecule has 1 unspecified atom stereocenters. The minimum absolute atomic E-state index is 0.0281. The topological polar surface area (TPSA) is 77.2 Å². The molecule has 0 amide bonds. The first-order valence-corrected chi connectivity index (χ1v) is 5.52. The molecule has 1 fully saturated rings. The van der Waals surface area contributed by atoms with Gasteiger partial charge in [0.2, 0.25) is 0 Å². The highest BCUT2D eigenvalue weighted by molar-refractivity contribution is 5.86. The van der Waals surface area contributed by atoms with Crippen LogP contribution >= 0.6 is 0 Å². The van der Waals surface area contributed by atoms with E-state index < -0.39 is 5.97 Å². The number of carboxylic acid groups (broad SMARTS) is 1. The molecule has 2 rings (SSSR count). The lowest BCUT2D eigenvalue weighted by atomic mass is 10.1. The summed E-state index contributed by atoms with van der Waals surface area (Å²) in [6, 6.07) is 0. The molecule has 1 atom stereocenters.